The Morgan fingerprint density at radius 2 is 1.70 bits per heavy atom. The number of amides is 2. The van der Waals surface area contributed by atoms with Crippen molar-refractivity contribution in [3.63, 3.8) is 0 Å². The van der Waals surface area contributed by atoms with Crippen LogP contribution >= 0.6 is 23.2 Å². The number of rotatable bonds is 10. The van der Waals surface area contributed by atoms with Gasteiger partial charge in [-0.3, -0.25) is 13.9 Å². The molecule has 0 spiro atoms. The first-order valence-electron chi connectivity index (χ1n) is 11.9. The maximum Gasteiger partial charge on any atom is 0.244 e. The second-order valence-corrected chi connectivity index (χ2v) is 11.7. The van der Waals surface area contributed by atoms with Crippen LogP contribution in [-0.4, -0.2) is 50.0 Å². The Morgan fingerprint density at radius 1 is 1.08 bits per heavy atom. The number of halogens is 4. The van der Waals surface area contributed by atoms with E-state index in [2.05, 4.69) is 5.32 Å². The highest BCUT2D eigenvalue weighted by Gasteiger charge is 2.34. The van der Waals surface area contributed by atoms with Crippen LogP contribution in [0.25, 0.3) is 0 Å². The summed E-state index contributed by atoms with van der Waals surface area (Å²) in [6.45, 7) is 0.819. The normalized spacial score (nSPS) is 14.9. The Hall–Kier alpha value is -2.43. The topological polar surface area (TPSA) is 86.8 Å². The van der Waals surface area contributed by atoms with Gasteiger partial charge in [0.05, 0.1) is 11.9 Å². The molecule has 37 heavy (non-hydrogen) atoms. The molecule has 0 bridgehead atoms. The Bertz CT molecular complexity index is 1240. The molecule has 0 aliphatic heterocycles. The van der Waals surface area contributed by atoms with Crippen molar-refractivity contribution >= 4 is 50.7 Å². The minimum atomic E-state index is -4.09. The Balaban J connectivity index is 1.98. The Labute approximate surface area is 225 Å². The molecule has 1 aliphatic rings. The monoisotopic (exact) mass is 575 g/mol. The summed E-state index contributed by atoms with van der Waals surface area (Å²) < 4.78 is 53.2. The van der Waals surface area contributed by atoms with E-state index in [0.29, 0.717) is 15.9 Å². The first kappa shape index (κ1) is 29.1. The van der Waals surface area contributed by atoms with Crippen LogP contribution in [0, 0.1) is 11.6 Å². The van der Waals surface area contributed by atoms with Gasteiger partial charge in [0.2, 0.25) is 21.8 Å². The molecule has 0 saturated heterocycles. The van der Waals surface area contributed by atoms with Gasteiger partial charge in [0.15, 0.2) is 11.6 Å². The van der Waals surface area contributed by atoms with Gasteiger partial charge in [-0.1, -0.05) is 49.0 Å². The van der Waals surface area contributed by atoms with Crippen molar-refractivity contribution in [1.82, 2.24) is 10.2 Å². The number of benzene rings is 2. The minimum absolute atomic E-state index is 0.00267. The van der Waals surface area contributed by atoms with Crippen molar-refractivity contribution in [3.05, 3.63) is 63.6 Å². The second-order valence-electron chi connectivity index (χ2n) is 9.00. The molecule has 1 fully saturated rings. The maximum atomic E-state index is 13.9. The van der Waals surface area contributed by atoms with E-state index in [1.54, 1.807) is 25.1 Å². The zero-order valence-electron chi connectivity index (χ0n) is 20.5. The molecule has 2 aromatic rings. The number of anilines is 1. The van der Waals surface area contributed by atoms with Crippen molar-refractivity contribution in [1.29, 1.82) is 0 Å². The number of sulfonamides is 1. The summed E-state index contributed by atoms with van der Waals surface area (Å²) in [7, 11) is -4.09. The molecule has 0 heterocycles. The van der Waals surface area contributed by atoms with Crippen molar-refractivity contribution in [3.8, 4) is 0 Å². The lowest BCUT2D eigenvalue weighted by molar-refractivity contribution is -0.140. The van der Waals surface area contributed by atoms with Gasteiger partial charge in [-0.25, -0.2) is 17.2 Å². The smallest absolute Gasteiger partial charge is 0.244 e. The predicted octanol–water partition coefficient (Wildman–Crippen LogP) is 4.90. The maximum absolute atomic E-state index is 13.9. The average molecular weight is 576 g/mol. The number of nitrogens with one attached hydrogen (secondary N) is 1. The highest BCUT2D eigenvalue weighted by molar-refractivity contribution is 7.92. The molecule has 2 amide bonds. The molecular weight excluding hydrogens is 547 g/mol. The largest absolute Gasteiger partial charge is 0.352 e. The molecule has 3 rings (SSSR count). The zero-order valence-corrected chi connectivity index (χ0v) is 22.8. The van der Waals surface area contributed by atoms with Gasteiger partial charge in [-0.05, 0) is 43.5 Å². The van der Waals surface area contributed by atoms with Crippen molar-refractivity contribution < 1.29 is 26.8 Å². The molecule has 12 heteroatoms. The quantitative estimate of drug-likeness (QED) is 0.436. The van der Waals surface area contributed by atoms with Gasteiger partial charge in [0.1, 0.15) is 12.6 Å². The van der Waals surface area contributed by atoms with Crippen molar-refractivity contribution in [2.75, 3.05) is 17.1 Å². The first-order chi connectivity index (χ1) is 17.4. The summed E-state index contributed by atoms with van der Waals surface area (Å²) in [5, 5.41) is 3.54. The molecular formula is C25H29Cl2F2N3O4S. The molecule has 202 valence electrons. The Morgan fingerprint density at radius 3 is 2.24 bits per heavy atom. The van der Waals surface area contributed by atoms with Gasteiger partial charge < -0.3 is 10.2 Å². The zero-order chi connectivity index (χ0) is 27.3. The SMILES string of the molecule is CC[C@H](C(=O)NC1CCCC1)N(Cc1c(Cl)cccc1Cl)C(=O)CN(c1ccc(F)c(F)c1)S(C)(=O)=O. The predicted molar refractivity (Wildman–Crippen MR) is 140 cm³/mol. The van der Waals surface area contributed by atoms with Crippen LogP contribution in [-0.2, 0) is 26.2 Å². The highest BCUT2D eigenvalue weighted by atomic mass is 35.5. The van der Waals surface area contributed by atoms with Crippen LogP contribution in [0.15, 0.2) is 36.4 Å². The van der Waals surface area contributed by atoms with E-state index in [0.717, 1.165) is 44.1 Å². The van der Waals surface area contributed by atoms with Gasteiger partial charge >= 0.3 is 0 Å². The molecule has 1 N–H and O–H groups in total. The fraction of sp³-hybridized carbons (Fsp3) is 0.440. The van der Waals surface area contributed by atoms with E-state index >= 15 is 0 Å². The van der Waals surface area contributed by atoms with E-state index in [1.807, 2.05) is 0 Å². The van der Waals surface area contributed by atoms with E-state index in [4.69, 9.17) is 23.2 Å². The van der Waals surface area contributed by atoms with E-state index in [9.17, 15) is 26.8 Å². The number of carbonyl (C=O) groups is 2. The summed E-state index contributed by atoms with van der Waals surface area (Å²) in [5.74, 6) is -3.53. The standard InChI is InChI=1S/C25H29Cl2F2N3O4S/c1-3-23(25(34)30-16-7-4-5-8-16)31(14-18-19(26)9-6-10-20(18)27)24(33)15-32(37(2,35)36)17-11-12-21(28)22(29)13-17/h6,9-13,16,23H,3-5,7-8,14-15H2,1-2H3,(H,30,34)/t23-/m1/s1. The third-order valence-corrected chi connectivity index (χ3v) is 8.20. The summed E-state index contributed by atoms with van der Waals surface area (Å²) in [5.41, 5.74) is 0.166. The first-order valence-corrected chi connectivity index (χ1v) is 14.5. The lowest BCUT2D eigenvalue weighted by Gasteiger charge is -2.33. The Kier molecular flexibility index (Phi) is 9.77. The summed E-state index contributed by atoms with van der Waals surface area (Å²) in [4.78, 5) is 28.2. The number of nitrogens with zero attached hydrogens (tertiary/aromatic N) is 2. The number of hydrogen-bond donors (Lipinski definition) is 1. The molecule has 1 atom stereocenters. The van der Waals surface area contributed by atoms with E-state index in [1.165, 1.54) is 4.90 Å². The third kappa shape index (κ3) is 7.33. The molecule has 1 aliphatic carbocycles. The molecule has 0 aromatic heterocycles. The van der Waals surface area contributed by atoms with Crippen LogP contribution in [0.5, 0.6) is 0 Å². The van der Waals surface area contributed by atoms with E-state index < -0.39 is 40.2 Å². The van der Waals surface area contributed by atoms with Gasteiger partial charge in [-0.15, -0.1) is 0 Å². The van der Waals surface area contributed by atoms with Gasteiger partial charge in [-0.2, -0.15) is 0 Å². The molecule has 0 unspecified atom stereocenters. The highest BCUT2D eigenvalue weighted by Crippen LogP contribution is 2.28. The fourth-order valence-electron chi connectivity index (χ4n) is 4.39. The number of carbonyl (C=O) groups excluding carboxylic acids is 2. The third-order valence-electron chi connectivity index (χ3n) is 6.35. The van der Waals surface area contributed by atoms with Crippen LogP contribution in [0.2, 0.25) is 10.0 Å². The average Bonchev–Trinajstić information content (AvgIpc) is 3.33. The summed E-state index contributed by atoms with van der Waals surface area (Å²) in [6.07, 6.45) is 4.75. The van der Waals surface area contributed by atoms with Crippen LogP contribution in [0.4, 0.5) is 14.5 Å². The van der Waals surface area contributed by atoms with Crippen molar-refractivity contribution in [2.45, 2.75) is 57.7 Å². The lowest BCUT2D eigenvalue weighted by atomic mass is 10.1. The minimum Gasteiger partial charge on any atom is -0.352 e. The fourth-order valence-corrected chi connectivity index (χ4v) is 5.75. The van der Waals surface area contributed by atoms with Crippen LogP contribution in [0.1, 0.15) is 44.6 Å². The van der Waals surface area contributed by atoms with Gasteiger partial charge in [0, 0.05) is 34.3 Å². The molecule has 7 nitrogen and oxygen atoms in total. The van der Waals surface area contributed by atoms with Crippen LogP contribution < -0.4 is 9.62 Å². The van der Waals surface area contributed by atoms with Crippen LogP contribution in [0.3, 0.4) is 0 Å². The molecule has 1 saturated carbocycles. The number of hydrogen-bond acceptors (Lipinski definition) is 4. The summed E-state index contributed by atoms with van der Waals surface area (Å²) >= 11 is 12.7. The molecule has 2 aromatic carbocycles. The molecule has 0 radical (unpaired) electrons. The second kappa shape index (κ2) is 12.4. The lowest BCUT2D eigenvalue weighted by Crippen LogP contribution is -2.53. The van der Waals surface area contributed by atoms with Gasteiger partial charge in [0.25, 0.3) is 0 Å². The van der Waals surface area contributed by atoms with Crippen molar-refractivity contribution in [2.24, 2.45) is 0 Å². The summed E-state index contributed by atoms with van der Waals surface area (Å²) in [6, 6.07) is 6.40. The van der Waals surface area contributed by atoms with E-state index in [-0.39, 0.29) is 40.6 Å².